The average Bonchev–Trinajstić information content (AvgIpc) is 2.65. The van der Waals surface area contributed by atoms with Crippen LogP contribution in [0.3, 0.4) is 0 Å². The Morgan fingerprint density at radius 1 is 0.923 bits per heavy atom. The Labute approximate surface area is 152 Å². The number of methoxy groups -OCH3 is 1. The fraction of sp³-hybridized carbons (Fsp3) is 0.222. The maximum atomic E-state index is 12.4. The van der Waals surface area contributed by atoms with Gasteiger partial charge in [-0.1, -0.05) is 6.92 Å². The van der Waals surface area contributed by atoms with Crippen LogP contribution in [0.4, 0.5) is 5.69 Å². The van der Waals surface area contributed by atoms with E-state index in [0.29, 0.717) is 17.9 Å². The normalized spacial score (nSPS) is 10.8. The average molecular weight is 377 g/mol. The van der Waals surface area contributed by atoms with Crippen LogP contribution < -0.4 is 4.72 Å². The van der Waals surface area contributed by atoms with Gasteiger partial charge in [-0.2, -0.15) is 0 Å². The van der Waals surface area contributed by atoms with Gasteiger partial charge in [-0.15, -0.1) is 0 Å². The molecule has 0 atom stereocenters. The summed E-state index contributed by atoms with van der Waals surface area (Å²) in [7, 11) is -2.58. The molecule has 2 aromatic carbocycles. The van der Waals surface area contributed by atoms with Gasteiger partial charge < -0.3 is 9.47 Å². The molecule has 0 heterocycles. The predicted molar refractivity (Wildman–Crippen MR) is 95.6 cm³/mol. The van der Waals surface area contributed by atoms with E-state index in [2.05, 4.69) is 9.46 Å². The van der Waals surface area contributed by atoms with E-state index >= 15 is 0 Å². The molecule has 0 aromatic heterocycles. The molecule has 0 amide bonds. The van der Waals surface area contributed by atoms with Gasteiger partial charge in [-0.25, -0.2) is 18.0 Å². The fourth-order valence-electron chi connectivity index (χ4n) is 2.05. The van der Waals surface area contributed by atoms with Crippen molar-refractivity contribution in [1.29, 1.82) is 0 Å². The van der Waals surface area contributed by atoms with Crippen molar-refractivity contribution in [3.05, 3.63) is 59.7 Å². The van der Waals surface area contributed by atoms with E-state index in [1.807, 2.05) is 6.92 Å². The minimum absolute atomic E-state index is 0.00316. The SMILES string of the molecule is CCCOC(=O)c1ccc(NS(=O)(=O)c2ccc(C(=O)OC)cc2)cc1. The van der Waals surface area contributed by atoms with Crippen LogP contribution in [-0.4, -0.2) is 34.1 Å². The molecule has 1 N–H and O–H groups in total. The molecule has 2 rings (SSSR count). The third-order valence-corrected chi connectivity index (χ3v) is 4.79. The van der Waals surface area contributed by atoms with Crippen LogP contribution in [0.25, 0.3) is 0 Å². The number of hydrogen-bond acceptors (Lipinski definition) is 6. The highest BCUT2D eigenvalue weighted by Crippen LogP contribution is 2.18. The Morgan fingerprint density at radius 3 is 2.00 bits per heavy atom. The number of sulfonamides is 1. The first kappa shape index (κ1) is 19.5. The maximum absolute atomic E-state index is 12.4. The summed E-state index contributed by atoms with van der Waals surface area (Å²) in [5.41, 5.74) is 0.888. The van der Waals surface area contributed by atoms with Gasteiger partial charge in [0.25, 0.3) is 10.0 Å². The number of benzene rings is 2. The van der Waals surface area contributed by atoms with Crippen LogP contribution in [0.15, 0.2) is 53.4 Å². The highest BCUT2D eigenvalue weighted by molar-refractivity contribution is 7.92. The van der Waals surface area contributed by atoms with E-state index < -0.39 is 22.0 Å². The quantitative estimate of drug-likeness (QED) is 0.745. The van der Waals surface area contributed by atoms with Gasteiger partial charge in [0.05, 0.1) is 29.7 Å². The molecule has 0 radical (unpaired) electrons. The van der Waals surface area contributed by atoms with E-state index in [4.69, 9.17) is 4.74 Å². The third kappa shape index (κ3) is 4.82. The van der Waals surface area contributed by atoms with Gasteiger partial charge in [0.1, 0.15) is 0 Å². The topological polar surface area (TPSA) is 98.8 Å². The molecule has 0 aliphatic heterocycles. The number of nitrogens with one attached hydrogen (secondary N) is 1. The predicted octanol–water partition coefficient (Wildman–Crippen LogP) is 2.84. The number of carbonyl (C=O) groups is 2. The summed E-state index contributed by atoms with van der Waals surface area (Å²) in [4.78, 5) is 23.1. The Balaban J connectivity index is 2.11. The van der Waals surface area contributed by atoms with Crippen molar-refractivity contribution in [3.63, 3.8) is 0 Å². The molecule has 8 heteroatoms. The maximum Gasteiger partial charge on any atom is 0.338 e. The number of esters is 2. The molecule has 0 spiro atoms. The van der Waals surface area contributed by atoms with Gasteiger partial charge in [-0.05, 0) is 55.0 Å². The van der Waals surface area contributed by atoms with Crippen molar-refractivity contribution >= 4 is 27.6 Å². The molecule has 26 heavy (non-hydrogen) atoms. The summed E-state index contributed by atoms with van der Waals surface area (Å²) in [6.45, 7) is 2.22. The summed E-state index contributed by atoms with van der Waals surface area (Å²) in [5.74, 6) is -1.01. The van der Waals surface area contributed by atoms with Gasteiger partial charge in [0.15, 0.2) is 0 Å². The third-order valence-electron chi connectivity index (χ3n) is 3.40. The largest absolute Gasteiger partial charge is 0.465 e. The van der Waals surface area contributed by atoms with Crippen LogP contribution in [-0.2, 0) is 19.5 Å². The Bertz CT molecular complexity index is 873. The van der Waals surface area contributed by atoms with E-state index in [-0.39, 0.29) is 10.5 Å². The summed E-state index contributed by atoms with van der Waals surface area (Å²) in [6.07, 6.45) is 0.721. The van der Waals surface area contributed by atoms with E-state index in [0.717, 1.165) is 6.42 Å². The lowest BCUT2D eigenvalue weighted by Crippen LogP contribution is -2.13. The van der Waals surface area contributed by atoms with Gasteiger partial charge >= 0.3 is 11.9 Å². The smallest absolute Gasteiger partial charge is 0.338 e. The lowest BCUT2D eigenvalue weighted by molar-refractivity contribution is 0.0504. The monoisotopic (exact) mass is 377 g/mol. The summed E-state index contributed by atoms with van der Waals surface area (Å²) < 4.78 is 36.8. The van der Waals surface area contributed by atoms with E-state index in [1.165, 1.54) is 55.6 Å². The summed E-state index contributed by atoms with van der Waals surface area (Å²) in [6, 6.07) is 11.3. The molecule has 2 aromatic rings. The van der Waals surface area contributed by atoms with Crippen LogP contribution in [0.2, 0.25) is 0 Å². The first-order valence-corrected chi connectivity index (χ1v) is 9.34. The van der Waals surface area contributed by atoms with Gasteiger partial charge in [-0.3, -0.25) is 4.72 Å². The number of hydrogen-bond donors (Lipinski definition) is 1. The summed E-state index contributed by atoms with van der Waals surface area (Å²) >= 11 is 0. The molecule has 0 unspecified atom stereocenters. The zero-order chi connectivity index (χ0) is 19.2. The number of rotatable bonds is 7. The van der Waals surface area contributed by atoms with Crippen LogP contribution in [0.1, 0.15) is 34.1 Å². The molecule has 0 bridgehead atoms. The minimum Gasteiger partial charge on any atom is -0.465 e. The zero-order valence-electron chi connectivity index (χ0n) is 14.4. The van der Waals surface area contributed by atoms with Crippen molar-refractivity contribution in [2.24, 2.45) is 0 Å². The minimum atomic E-state index is -3.83. The molecule has 0 saturated carbocycles. The highest BCUT2D eigenvalue weighted by Gasteiger charge is 2.16. The second-order valence-corrected chi connectivity index (χ2v) is 7.02. The van der Waals surface area contributed by atoms with Crippen LogP contribution in [0.5, 0.6) is 0 Å². The molecular weight excluding hydrogens is 358 g/mol. The lowest BCUT2D eigenvalue weighted by Gasteiger charge is -2.09. The molecule has 0 fully saturated rings. The number of anilines is 1. The molecule has 7 nitrogen and oxygen atoms in total. The molecule has 0 saturated heterocycles. The number of carbonyl (C=O) groups excluding carboxylic acids is 2. The first-order chi connectivity index (χ1) is 12.4. The van der Waals surface area contributed by atoms with Crippen LogP contribution >= 0.6 is 0 Å². The Morgan fingerprint density at radius 2 is 1.46 bits per heavy atom. The zero-order valence-corrected chi connectivity index (χ0v) is 15.2. The van der Waals surface area contributed by atoms with E-state index in [9.17, 15) is 18.0 Å². The van der Waals surface area contributed by atoms with Crippen molar-refractivity contribution in [2.75, 3.05) is 18.4 Å². The lowest BCUT2D eigenvalue weighted by atomic mass is 10.2. The molecule has 0 aliphatic rings. The second kappa shape index (κ2) is 8.48. The van der Waals surface area contributed by atoms with Crippen LogP contribution in [0, 0.1) is 0 Å². The van der Waals surface area contributed by atoms with Crippen molar-refractivity contribution in [3.8, 4) is 0 Å². The van der Waals surface area contributed by atoms with Gasteiger partial charge in [0, 0.05) is 5.69 Å². The fourth-order valence-corrected chi connectivity index (χ4v) is 3.11. The molecule has 138 valence electrons. The Kier molecular flexibility index (Phi) is 6.35. The first-order valence-electron chi connectivity index (χ1n) is 7.85. The molecule has 0 aliphatic carbocycles. The van der Waals surface area contributed by atoms with Gasteiger partial charge in [0.2, 0.25) is 0 Å². The van der Waals surface area contributed by atoms with Crippen molar-refractivity contribution in [1.82, 2.24) is 0 Å². The van der Waals surface area contributed by atoms with Crippen molar-refractivity contribution in [2.45, 2.75) is 18.2 Å². The number of ether oxygens (including phenoxy) is 2. The molecular formula is C18H19NO6S. The summed E-state index contributed by atoms with van der Waals surface area (Å²) in [5, 5.41) is 0. The Hall–Kier alpha value is -2.87. The van der Waals surface area contributed by atoms with Crippen molar-refractivity contribution < 1.29 is 27.5 Å². The highest BCUT2D eigenvalue weighted by atomic mass is 32.2. The standard InChI is InChI=1S/C18H19NO6S/c1-3-12-25-18(21)14-4-8-15(9-5-14)19-26(22,23)16-10-6-13(7-11-16)17(20)24-2/h4-11,19H,3,12H2,1-2H3. The van der Waals surface area contributed by atoms with E-state index in [1.54, 1.807) is 0 Å². The second-order valence-electron chi connectivity index (χ2n) is 5.33.